The third-order valence-corrected chi connectivity index (χ3v) is 5.24. The Morgan fingerprint density at radius 2 is 1.87 bits per heavy atom. The van der Waals surface area contributed by atoms with Crippen molar-refractivity contribution in [2.45, 2.75) is 40.3 Å². The summed E-state index contributed by atoms with van der Waals surface area (Å²) in [6, 6.07) is 16.2. The molecule has 4 aromatic rings. The van der Waals surface area contributed by atoms with Gasteiger partial charge in [-0.1, -0.05) is 30.3 Å². The van der Waals surface area contributed by atoms with Crippen LogP contribution in [0.15, 0.2) is 59.5 Å². The van der Waals surface area contributed by atoms with Crippen LogP contribution in [0.25, 0.3) is 22.2 Å². The first-order valence-electron chi connectivity index (χ1n) is 10.4. The summed E-state index contributed by atoms with van der Waals surface area (Å²) in [5.41, 5.74) is 3.08. The molecule has 0 saturated heterocycles. The second kappa shape index (κ2) is 8.60. The van der Waals surface area contributed by atoms with Crippen LogP contribution in [0.2, 0.25) is 0 Å². The van der Waals surface area contributed by atoms with Gasteiger partial charge in [0.25, 0.3) is 5.56 Å². The number of hydrogen-bond donors (Lipinski definition) is 2. The molecule has 2 aromatic heterocycles. The predicted octanol–water partition coefficient (Wildman–Crippen LogP) is 5.00. The van der Waals surface area contributed by atoms with Crippen LogP contribution >= 0.6 is 0 Å². The summed E-state index contributed by atoms with van der Waals surface area (Å²) in [4.78, 5) is 23.8. The Morgan fingerprint density at radius 1 is 1.06 bits per heavy atom. The van der Waals surface area contributed by atoms with Gasteiger partial charge in [0.1, 0.15) is 17.4 Å². The van der Waals surface area contributed by atoms with Gasteiger partial charge in [-0.2, -0.15) is 0 Å². The normalized spacial score (nSPS) is 11.1. The highest BCUT2D eigenvalue weighted by molar-refractivity contribution is 5.88. The highest BCUT2D eigenvalue weighted by atomic mass is 16.5. The lowest BCUT2D eigenvalue weighted by Crippen LogP contribution is -2.14. The molecule has 31 heavy (non-hydrogen) atoms. The lowest BCUT2D eigenvalue weighted by Gasteiger charge is -2.17. The summed E-state index contributed by atoms with van der Waals surface area (Å²) in [7, 11) is 0. The fourth-order valence-corrected chi connectivity index (χ4v) is 3.46. The van der Waals surface area contributed by atoms with Gasteiger partial charge in [0.15, 0.2) is 0 Å². The van der Waals surface area contributed by atoms with Crippen molar-refractivity contribution in [3.63, 3.8) is 0 Å². The first-order chi connectivity index (χ1) is 14.9. The Labute approximate surface area is 181 Å². The average Bonchev–Trinajstić information content (AvgIpc) is 2.76. The zero-order valence-corrected chi connectivity index (χ0v) is 18.2. The number of ether oxygens (including phenoxy) is 1. The van der Waals surface area contributed by atoms with E-state index in [1.165, 1.54) is 5.39 Å². The average molecular weight is 415 g/mol. The fourth-order valence-electron chi connectivity index (χ4n) is 3.46. The van der Waals surface area contributed by atoms with E-state index < -0.39 is 0 Å². The molecule has 2 N–H and O–H groups in total. The van der Waals surface area contributed by atoms with Gasteiger partial charge >= 0.3 is 0 Å². The number of nitrogens with one attached hydrogen (secondary N) is 2. The van der Waals surface area contributed by atoms with Crippen molar-refractivity contribution in [3.8, 4) is 17.1 Å². The molecule has 0 saturated carbocycles. The highest BCUT2D eigenvalue weighted by Gasteiger charge is 2.11. The molecule has 6 nitrogen and oxygen atoms in total. The number of pyridine rings is 1. The summed E-state index contributed by atoms with van der Waals surface area (Å²) in [5.74, 6) is 2.13. The van der Waals surface area contributed by atoms with E-state index in [1.807, 2.05) is 51.1 Å². The largest absolute Gasteiger partial charge is 0.491 e. The van der Waals surface area contributed by atoms with Crippen molar-refractivity contribution in [1.82, 2.24) is 15.0 Å². The molecule has 4 rings (SSSR count). The molecule has 0 atom stereocenters. The molecule has 0 radical (unpaired) electrons. The molecule has 0 aliphatic heterocycles. The standard InChI is InChI=1S/C25H26N4O2/c1-15(2)31-22-11-9-18-7-5-6-8-20(18)21(22)14-27-23-12-10-19(13-26-23)24-28-17(4)16(3)25(30)29-24/h5-13,15H,14H2,1-4H3,(H,26,27)(H,28,29,30). The lowest BCUT2D eigenvalue weighted by atomic mass is 10.0. The summed E-state index contributed by atoms with van der Waals surface area (Å²) in [5, 5.41) is 5.72. The summed E-state index contributed by atoms with van der Waals surface area (Å²) in [6.45, 7) is 8.23. The van der Waals surface area contributed by atoms with Gasteiger partial charge in [-0.3, -0.25) is 4.79 Å². The second-order valence-corrected chi connectivity index (χ2v) is 7.84. The zero-order chi connectivity index (χ0) is 22.0. The molecule has 0 amide bonds. The number of benzene rings is 2. The van der Waals surface area contributed by atoms with E-state index in [9.17, 15) is 4.79 Å². The number of rotatable bonds is 6. The number of anilines is 1. The van der Waals surface area contributed by atoms with Gasteiger partial charge in [-0.05, 0) is 56.7 Å². The maximum atomic E-state index is 12.0. The van der Waals surface area contributed by atoms with Crippen LogP contribution < -0.4 is 15.6 Å². The fraction of sp³-hybridized carbons (Fsp3) is 0.240. The number of hydrogen-bond acceptors (Lipinski definition) is 5. The summed E-state index contributed by atoms with van der Waals surface area (Å²) >= 11 is 0. The van der Waals surface area contributed by atoms with Crippen LogP contribution in [0.1, 0.15) is 30.7 Å². The minimum absolute atomic E-state index is 0.0879. The Hall–Kier alpha value is -3.67. The number of aromatic nitrogens is 3. The van der Waals surface area contributed by atoms with Gasteiger partial charge in [0, 0.05) is 35.1 Å². The topological polar surface area (TPSA) is 79.9 Å². The molecular weight excluding hydrogens is 388 g/mol. The van der Waals surface area contributed by atoms with Crippen molar-refractivity contribution in [3.05, 3.63) is 81.9 Å². The number of aromatic amines is 1. The van der Waals surface area contributed by atoms with E-state index in [2.05, 4.69) is 38.5 Å². The summed E-state index contributed by atoms with van der Waals surface area (Å²) < 4.78 is 6.05. The SMILES string of the molecule is Cc1nc(-c2ccc(NCc3c(OC(C)C)ccc4ccccc34)nc2)[nH]c(=O)c1C. The van der Waals surface area contributed by atoms with Gasteiger partial charge < -0.3 is 15.0 Å². The molecule has 0 fully saturated rings. The Bertz CT molecular complexity index is 1280. The van der Waals surface area contributed by atoms with Gasteiger partial charge in [0.2, 0.25) is 0 Å². The Balaban J connectivity index is 1.59. The lowest BCUT2D eigenvalue weighted by molar-refractivity contribution is 0.240. The minimum Gasteiger partial charge on any atom is -0.491 e. The van der Waals surface area contributed by atoms with Gasteiger partial charge in [0.05, 0.1) is 6.10 Å². The van der Waals surface area contributed by atoms with Crippen LogP contribution in [0.4, 0.5) is 5.82 Å². The van der Waals surface area contributed by atoms with Crippen LogP contribution in [-0.2, 0) is 6.54 Å². The zero-order valence-electron chi connectivity index (χ0n) is 18.2. The van der Waals surface area contributed by atoms with E-state index in [0.29, 0.717) is 17.9 Å². The molecular formula is C25H26N4O2. The van der Waals surface area contributed by atoms with Crippen molar-refractivity contribution in [1.29, 1.82) is 0 Å². The molecule has 0 aliphatic carbocycles. The van der Waals surface area contributed by atoms with E-state index in [-0.39, 0.29) is 11.7 Å². The minimum atomic E-state index is -0.127. The Kier molecular flexibility index (Phi) is 5.71. The molecule has 2 aromatic carbocycles. The third kappa shape index (κ3) is 4.43. The van der Waals surface area contributed by atoms with Crippen LogP contribution in [-0.4, -0.2) is 21.1 Å². The first kappa shape index (κ1) is 20.6. The van der Waals surface area contributed by atoms with Crippen LogP contribution in [0.5, 0.6) is 5.75 Å². The number of fused-ring (bicyclic) bond motifs is 1. The predicted molar refractivity (Wildman–Crippen MR) is 125 cm³/mol. The third-order valence-electron chi connectivity index (χ3n) is 5.24. The van der Waals surface area contributed by atoms with Crippen LogP contribution in [0, 0.1) is 13.8 Å². The second-order valence-electron chi connectivity index (χ2n) is 7.84. The number of aryl methyl sites for hydroxylation is 1. The van der Waals surface area contributed by atoms with Crippen LogP contribution in [0.3, 0.4) is 0 Å². The highest BCUT2D eigenvalue weighted by Crippen LogP contribution is 2.29. The number of H-pyrrole nitrogens is 1. The molecule has 6 heteroatoms. The molecule has 2 heterocycles. The molecule has 0 unspecified atom stereocenters. The van der Waals surface area contributed by atoms with E-state index in [4.69, 9.17) is 4.74 Å². The quantitative estimate of drug-likeness (QED) is 0.464. The maximum absolute atomic E-state index is 12.0. The monoisotopic (exact) mass is 414 g/mol. The molecule has 0 spiro atoms. The smallest absolute Gasteiger partial charge is 0.254 e. The van der Waals surface area contributed by atoms with E-state index >= 15 is 0 Å². The van der Waals surface area contributed by atoms with Gasteiger partial charge in [-0.15, -0.1) is 0 Å². The van der Waals surface area contributed by atoms with Crippen molar-refractivity contribution < 1.29 is 4.74 Å². The molecule has 0 bridgehead atoms. The first-order valence-corrected chi connectivity index (χ1v) is 10.4. The van der Waals surface area contributed by atoms with E-state index in [1.54, 1.807) is 13.1 Å². The summed E-state index contributed by atoms with van der Waals surface area (Å²) in [6.07, 6.45) is 1.80. The van der Waals surface area contributed by atoms with E-state index in [0.717, 1.165) is 33.8 Å². The molecule has 0 aliphatic rings. The Morgan fingerprint density at radius 3 is 2.58 bits per heavy atom. The number of nitrogens with zero attached hydrogens (tertiary/aromatic N) is 2. The van der Waals surface area contributed by atoms with Crippen molar-refractivity contribution in [2.75, 3.05) is 5.32 Å². The van der Waals surface area contributed by atoms with Gasteiger partial charge in [-0.25, -0.2) is 9.97 Å². The van der Waals surface area contributed by atoms with Crippen molar-refractivity contribution in [2.24, 2.45) is 0 Å². The molecule has 158 valence electrons. The maximum Gasteiger partial charge on any atom is 0.254 e. The van der Waals surface area contributed by atoms with Crippen molar-refractivity contribution >= 4 is 16.6 Å².